The first-order chi connectivity index (χ1) is 18.5. The van der Waals surface area contributed by atoms with Crippen LogP contribution < -0.4 is 0 Å². The summed E-state index contributed by atoms with van der Waals surface area (Å²) in [6, 6.07) is 31.5. The maximum absolute atomic E-state index is 2.46. The Kier molecular flexibility index (Phi) is 5.90. The van der Waals surface area contributed by atoms with E-state index < -0.39 is 0 Å². The van der Waals surface area contributed by atoms with E-state index in [1.807, 2.05) is 45.3 Å². The molecule has 0 nitrogen and oxygen atoms in total. The van der Waals surface area contributed by atoms with Gasteiger partial charge in [0.2, 0.25) is 0 Å². The van der Waals surface area contributed by atoms with Crippen LogP contribution in [0.5, 0.6) is 0 Å². The Morgan fingerprint density at radius 2 is 0.842 bits per heavy atom. The van der Waals surface area contributed by atoms with Crippen molar-refractivity contribution < 1.29 is 0 Å². The molecule has 0 amide bonds. The fraction of sp³-hybridized carbons (Fsp3) is 0.118. The summed E-state index contributed by atoms with van der Waals surface area (Å²) in [7, 11) is 0. The summed E-state index contributed by atoms with van der Waals surface area (Å²) < 4.78 is 2.76. The van der Waals surface area contributed by atoms with Crippen molar-refractivity contribution in [1.29, 1.82) is 0 Å². The Bertz CT molecular complexity index is 1750. The van der Waals surface area contributed by atoms with E-state index in [2.05, 4.69) is 113 Å². The normalized spacial score (nSPS) is 11.7. The van der Waals surface area contributed by atoms with Gasteiger partial charge < -0.3 is 0 Å². The van der Waals surface area contributed by atoms with Crippen molar-refractivity contribution in [3.63, 3.8) is 0 Å². The molecule has 4 heteroatoms. The smallest absolute Gasteiger partial charge is 0.0475 e. The molecule has 0 atom stereocenters. The molecule has 3 aromatic carbocycles. The largest absolute Gasteiger partial charge is 0.139 e. The summed E-state index contributed by atoms with van der Waals surface area (Å²) in [5.41, 5.74) is 8.05. The zero-order valence-corrected chi connectivity index (χ0v) is 25.0. The molecule has 0 aliphatic heterocycles. The van der Waals surface area contributed by atoms with Crippen LogP contribution in [0.25, 0.3) is 61.9 Å². The van der Waals surface area contributed by atoms with Gasteiger partial charge in [0, 0.05) is 60.6 Å². The first-order valence-electron chi connectivity index (χ1n) is 12.8. The zero-order valence-electron chi connectivity index (χ0n) is 21.7. The molecule has 4 heterocycles. The van der Waals surface area contributed by atoms with E-state index in [0.29, 0.717) is 0 Å². The maximum Gasteiger partial charge on any atom is 0.0475 e. The highest BCUT2D eigenvalue weighted by molar-refractivity contribution is 7.28. The number of aryl methyl sites for hydroxylation is 4. The van der Waals surface area contributed by atoms with Crippen molar-refractivity contribution in [2.24, 2.45) is 0 Å². The fourth-order valence-electron chi connectivity index (χ4n) is 5.55. The van der Waals surface area contributed by atoms with Gasteiger partial charge in [-0.2, -0.15) is 0 Å². The fourth-order valence-corrected chi connectivity index (χ4v) is 10.4. The quantitative estimate of drug-likeness (QED) is 0.200. The van der Waals surface area contributed by atoms with E-state index in [1.54, 1.807) is 0 Å². The Balaban J connectivity index is 1.64. The van der Waals surface area contributed by atoms with Crippen LogP contribution in [0.4, 0.5) is 0 Å². The van der Waals surface area contributed by atoms with Crippen molar-refractivity contribution in [3.8, 4) is 41.8 Å². The molecule has 0 aliphatic carbocycles. The minimum Gasteiger partial charge on any atom is -0.139 e. The number of hydrogen-bond acceptors (Lipinski definition) is 4. The molecular weight excluding hydrogens is 537 g/mol. The minimum atomic E-state index is 1.29. The number of benzene rings is 3. The molecule has 0 spiro atoms. The lowest BCUT2D eigenvalue weighted by molar-refractivity contribution is 1.51. The van der Waals surface area contributed by atoms with Gasteiger partial charge in [0.25, 0.3) is 0 Å². The van der Waals surface area contributed by atoms with E-state index in [-0.39, 0.29) is 0 Å². The van der Waals surface area contributed by atoms with Crippen molar-refractivity contribution in [2.45, 2.75) is 27.7 Å². The second-order valence-electron chi connectivity index (χ2n) is 9.93. The Morgan fingerprint density at radius 1 is 0.447 bits per heavy atom. The molecule has 38 heavy (non-hydrogen) atoms. The lowest BCUT2D eigenvalue weighted by Crippen LogP contribution is -1.85. The Hall–Kier alpha value is -3.02. The van der Waals surface area contributed by atoms with Gasteiger partial charge in [-0.1, -0.05) is 60.7 Å². The molecule has 0 unspecified atom stereocenters. The van der Waals surface area contributed by atoms with Gasteiger partial charge in [-0.15, -0.1) is 45.3 Å². The zero-order chi connectivity index (χ0) is 26.0. The molecular formula is C34H26S4. The second-order valence-corrected chi connectivity index (χ2v) is 14.5. The summed E-state index contributed by atoms with van der Waals surface area (Å²) in [4.78, 5) is 8.27. The van der Waals surface area contributed by atoms with Crippen LogP contribution in [0.3, 0.4) is 0 Å². The van der Waals surface area contributed by atoms with Crippen LogP contribution >= 0.6 is 45.3 Å². The highest BCUT2D eigenvalue weighted by atomic mass is 32.1. The van der Waals surface area contributed by atoms with Crippen LogP contribution in [0.2, 0.25) is 0 Å². The molecule has 0 bridgehead atoms. The summed E-state index contributed by atoms with van der Waals surface area (Å²) in [5.74, 6) is 0. The number of fused-ring (bicyclic) bond motifs is 2. The third kappa shape index (κ3) is 3.90. The van der Waals surface area contributed by atoms with Gasteiger partial charge in [-0.05, 0) is 74.2 Å². The van der Waals surface area contributed by atoms with Crippen molar-refractivity contribution >= 4 is 65.5 Å². The van der Waals surface area contributed by atoms with E-state index in [9.17, 15) is 0 Å². The monoisotopic (exact) mass is 562 g/mol. The molecule has 0 radical (unpaired) electrons. The van der Waals surface area contributed by atoms with Crippen molar-refractivity contribution in [1.82, 2.24) is 0 Å². The van der Waals surface area contributed by atoms with Crippen LogP contribution in [-0.2, 0) is 0 Å². The highest BCUT2D eigenvalue weighted by Crippen LogP contribution is 2.53. The van der Waals surface area contributed by atoms with Gasteiger partial charge in [0.05, 0.1) is 0 Å². The molecule has 0 N–H and O–H groups in total. The van der Waals surface area contributed by atoms with Gasteiger partial charge in [0.15, 0.2) is 0 Å². The molecule has 0 saturated heterocycles. The van der Waals surface area contributed by atoms with Crippen LogP contribution in [-0.4, -0.2) is 0 Å². The number of hydrogen-bond donors (Lipinski definition) is 0. The third-order valence-electron chi connectivity index (χ3n) is 7.11. The molecule has 0 aliphatic rings. The third-order valence-corrected chi connectivity index (χ3v) is 12.1. The SMILES string of the molecule is Cc1cc(C)c(-c2cc3c(-c4ccccc4)c4sc(-c5sc(C)cc5C)cc4c(-c4ccccc4)c3s2)s1. The lowest BCUT2D eigenvalue weighted by Gasteiger charge is -2.12. The Labute approximate surface area is 239 Å². The van der Waals surface area contributed by atoms with Crippen LogP contribution in [0.15, 0.2) is 84.9 Å². The predicted molar refractivity (Wildman–Crippen MR) is 174 cm³/mol. The average molecular weight is 563 g/mol. The second kappa shape index (κ2) is 9.32. The topological polar surface area (TPSA) is 0 Å². The van der Waals surface area contributed by atoms with Gasteiger partial charge in [0.1, 0.15) is 0 Å². The maximum atomic E-state index is 2.46. The van der Waals surface area contributed by atoms with Crippen LogP contribution in [0.1, 0.15) is 20.9 Å². The molecule has 0 fully saturated rings. The van der Waals surface area contributed by atoms with E-state index in [0.717, 1.165) is 0 Å². The van der Waals surface area contributed by atoms with Gasteiger partial charge in [-0.25, -0.2) is 0 Å². The predicted octanol–water partition coefficient (Wildman–Crippen LogP) is 12.1. The number of rotatable bonds is 4. The standard InChI is InChI=1S/C34H26S4/c1-19-15-21(3)35-31(19)27-17-25-29(23-11-7-5-8-12-23)34-26(18-28(38-34)32-20(2)16-22(4)36-32)30(33(25)37-27)24-13-9-6-10-14-24/h5-18H,1-4H3. The first-order valence-corrected chi connectivity index (χ1v) is 16.0. The molecule has 7 rings (SSSR count). The van der Waals surface area contributed by atoms with Crippen LogP contribution in [0, 0.1) is 27.7 Å². The summed E-state index contributed by atoms with van der Waals surface area (Å²) in [6.45, 7) is 8.92. The first kappa shape index (κ1) is 24.1. The molecule has 186 valence electrons. The van der Waals surface area contributed by atoms with E-state index in [4.69, 9.17) is 0 Å². The summed E-state index contributed by atoms with van der Waals surface area (Å²) in [6.07, 6.45) is 0. The summed E-state index contributed by atoms with van der Waals surface area (Å²) >= 11 is 7.73. The number of thiophene rings is 4. The van der Waals surface area contributed by atoms with Gasteiger partial charge in [-0.3, -0.25) is 0 Å². The molecule has 0 saturated carbocycles. The van der Waals surface area contributed by atoms with E-state index in [1.165, 1.54) is 82.8 Å². The lowest BCUT2D eigenvalue weighted by atomic mass is 9.93. The molecule has 4 aromatic heterocycles. The van der Waals surface area contributed by atoms with Gasteiger partial charge >= 0.3 is 0 Å². The Morgan fingerprint density at radius 3 is 1.18 bits per heavy atom. The summed E-state index contributed by atoms with van der Waals surface area (Å²) in [5, 5.41) is 2.72. The average Bonchev–Trinajstić information content (AvgIpc) is 3.68. The van der Waals surface area contributed by atoms with Crippen molar-refractivity contribution in [3.05, 3.63) is 106 Å². The highest BCUT2D eigenvalue weighted by Gasteiger charge is 2.23. The van der Waals surface area contributed by atoms with E-state index >= 15 is 0 Å². The van der Waals surface area contributed by atoms with Crippen molar-refractivity contribution in [2.75, 3.05) is 0 Å². The molecule has 7 aromatic rings. The minimum absolute atomic E-state index is 1.29.